The van der Waals surface area contributed by atoms with Crippen LogP contribution in [0.15, 0.2) is 17.2 Å². The molecule has 0 aromatic carbocycles. The lowest BCUT2D eigenvalue weighted by Crippen LogP contribution is -2.31. The fourth-order valence-corrected chi connectivity index (χ4v) is 8.42. The molecule has 1 saturated heterocycles. The summed E-state index contributed by atoms with van der Waals surface area (Å²) in [6.45, 7) is 1.87. The maximum atomic E-state index is 16.3. The number of aryl methyl sites for hydroxylation is 1. The summed E-state index contributed by atoms with van der Waals surface area (Å²) in [6, 6.07) is 4.07. The third-order valence-corrected chi connectivity index (χ3v) is 11.9. The first-order valence-corrected chi connectivity index (χ1v) is 20.4. The van der Waals surface area contributed by atoms with Crippen molar-refractivity contribution in [1.29, 1.82) is 5.26 Å². The zero-order valence-electron chi connectivity index (χ0n) is 28.6. The van der Waals surface area contributed by atoms with Gasteiger partial charge in [-0.1, -0.05) is 20.8 Å². The van der Waals surface area contributed by atoms with Gasteiger partial charge in [-0.2, -0.15) is 10.2 Å². The fraction of sp³-hybridized carbons (Fsp3) is 0.581. The van der Waals surface area contributed by atoms with E-state index in [0.29, 0.717) is 29.5 Å². The van der Waals surface area contributed by atoms with Crippen molar-refractivity contribution in [3.05, 3.63) is 39.8 Å². The van der Waals surface area contributed by atoms with Crippen LogP contribution in [0.5, 0.6) is 0 Å². The van der Waals surface area contributed by atoms with Crippen molar-refractivity contribution in [3.8, 4) is 6.07 Å². The smallest absolute Gasteiger partial charge is 0.327 e. The molecule has 0 radical (unpaired) electrons. The summed E-state index contributed by atoms with van der Waals surface area (Å²) < 4.78 is 55.6. The zero-order valence-corrected chi connectivity index (χ0v) is 31.3. The Balaban J connectivity index is 1.21. The van der Waals surface area contributed by atoms with Crippen LogP contribution in [0.25, 0.3) is 22.3 Å². The number of H-pyrrole nitrogens is 1. The largest absolute Gasteiger partial charge is 0.346 e. The van der Waals surface area contributed by atoms with Crippen molar-refractivity contribution < 1.29 is 36.5 Å². The Kier molecular flexibility index (Phi) is 11.1. The van der Waals surface area contributed by atoms with Gasteiger partial charge >= 0.3 is 6.72 Å². The van der Waals surface area contributed by atoms with Crippen molar-refractivity contribution in [3.63, 3.8) is 0 Å². The summed E-state index contributed by atoms with van der Waals surface area (Å²) in [4.78, 5) is 46.2. The van der Waals surface area contributed by atoms with Crippen molar-refractivity contribution in [2.24, 2.45) is 5.92 Å². The quantitative estimate of drug-likeness (QED) is 0.188. The predicted octanol–water partition coefficient (Wildman–Crippen LogP) is 4.45. The number of ether oxygens (including phenoxy) is 1. The topological polar surface area (TPSA) is 203 Å². The maximum Gasteiger partial charge on any atom is 0.327 e. The third-order valence-electron chi connectivity index (χ3n) is 8.86. The second-order valence-electron chi connectivity index (χ2n) is 12.8. The first-order chi connectivity index (χ1) is 25.1. The predicted molar refractivity (Wildman–Crippen MR) is 190 cm³/mol. The standard InChI is InChI=1S/C31H38FN9O8P2S/c1-4-17-12-19-26(36-23(17)18-6-7-18)40-9-11-46-51(52,45-10-5-8-33)47-13-20-22(32)25(49-50-44-14-21(40)35-19)30(48-20)41-15-34-24-27(41)37-31(39-29(24)43)38-28(42)16(2)3/h12,15-16,18,20,22,25,30,50H,4-7,9-11,13-14H2,1-3H3,(H2,37,38,39,42,43)/t20-,22-,25-,30-,51?/m1/s1. The molecule has 3 aliphatic rings. The van der Waals surface area contributed by atoms with E-state index in [1.165, 1.54) is 10.9 Å². The van der Waals surface area contributed by atoms with E-state index in [0.717, 1.165) is 30.5 Å². The highest BCUT2D eigenvalue weighted by Crippen LogP contribution is 2.51. The second-order valence-corrected chi connectivity index (χ2v) is 16.5. The molecule has 1 saturated carbocycles. The average Bonchev–Trinajstić information content (AvgIpc) is 3.69. The Hall–Kier alpha value is -3.30. The van der Waals surface area contributed by atoms with Gasteiger partial charge in [0.25, 0.3) is 5.56 Å². The van der Waals surface area contributed by atoms with Crippen LogP contribution in [0.1, 0.15) is 69.3 Å². The van der Waals surface area contributed by atoms with Crippen LogP contribution in [0.2, 0.25) is 0 Å². The number of halogens is 1. The van der Waals surface area contributed by atoms with Gasteiger partial charge in [-0.25, -0.2) is 19.3 Å². The number of alkyl halides is 1. The zero-order chi connectivity index (χ0) is 36.6. The summed E-state index contributed by atoms with van der Waals surface area (Å²) in [5.74, 6) is 0.123. The molecule has 2 unspecified atom stereocenters. The first kappa shape index (κ1) is 37.0. The lowest BCUT2D eigenvalue weighted by atomic mass is 10.1. The van der Waals surface area contributed by atoms with Crippen LogP contribution in [0, 0.1) is 17.2 Å². The monoisotopic (exact) mass is 777 g/mol. The van der Waals surface area contributed by atoms with E-state index in [1.54, 1.807) is 13.8 Å². The summed E-state index contributed by atoms with van der Waals surface area (Å²) in [5.41, 5.74) is 2.97. The van der Waals surface area contributed by atoms with E-state index in [-0.39, 0.29) is 61.8 Å². The van der Waals surface area contributed by atoms with E-state index in [9.17, 15) is 9.59 Å². The molecule has 4 aromatic rings. The van der Waals surface area contributed by atoms with Gasteiger partial charge in [-0.05, 0) is 42.7 Å². The average molecular weight is 778 g/mol. The highest BCUT2D eigenvalue weighted by atomic mass is 32.5. The molecule has 2 bridgehead atoms. The molecule has 1 aliphatic carbocycles. The Morgan fingerprint density at radius 3 is 2.87 bits per heavy atom. The number of imidazole rings is 2. The molecule has 0 spiro atoms. The number of hydrogen-bond donors (Lipinski definition) is 2. The lowest BCUT2D eigenvalue weighted by Gasteiger charge is -2.24. The first-order valence-electron chi connectivity index (χ1n) is 17.0. The van der Waals surface area contributed by atoms with Crippen LogP contribution in [0.3, 0.4) is 0 Å². The molecule has 6 heterocycles. The van der Waals surface area contributed by atoms with Crippen LogP contribution in [-0.4, -0.2) is 78.2 Å². The molecule has 4 aromatic heterocycles. The van der Waals surface area contributed by atoms with Gasteiger partial charge < -0.3 is 31.9 Å². The minimum Gasteiger partial charge on any atom is -0.346 e. The minimum atomic E-state index is -3.53. The fourth-order valence-electron chi connectivity index (χ4n) is 6.01. The summed E-state index contributed by atoms with van der Waals surface area (Å²) in [5, 5.41) is 11.7. The van der Waals surface area contributed by atoms with E-state index >= 15 is 4.39 Å². The number of hydrogen-bond acceptors (Lipinski definition) is 14. The molecule has 21 heteroatoms. The number of carbonyl (C=O) groups is 1. The molecule has 1 amide bonds. The van der Waals surface area contributed by atoms with E-state index in [4.69, 9.17) is 54.4 Å². The number of nitrogens with one attached hydrogen (secondary N) is 2. The number of carbonyl (C=O) groups excluding carboxylic acids is 1. The Labute approximate surface area is 304 Å². The molecule has 2 fully saturated rings. The van der Waals surface area contributed by atoms with Crippen molar-refractivity contribution in [2.45, 2.75) is 90.1 Å². The Morgan fingerprint density at radius 2 is 2.12 bits per heavy atom. The number of amides is 1. The van der Waals surface area contributed by atoms with Gasteiger partial charge in [0.1, 0.15) is 30.2 Å². The molecule has 52 heavy (non-hydrogen) atoms. The number of pyridine rings is 1. The lowest BCUT2D eigenvalue weighted by molar-refractivity contribution is -0.118. The summed E-state index contributed by atoms with van der Waals surface area (Å²) in [6.07, 6.45) is -1.15. The highest BCUT2D eigenvalue weighted by Gasteiger charge is 2.49. The number of rotatable bonds is 8. The van der Waals surface area contributed by atoms with E-state index in [2.05, 4.69) is 33.3 Å². The third kappa shape index (κ3) is 7.68. The van der Waals surface area contributed by atoms with Gasteiger partial charge in [0.15, 0.2) is 38.2 Å². The molecule has 17 nitrogen and oxygen atoms in total. The van der Waals surface area contributed by atoms with Gasteiger partial charge in [0.2, 0.25) is 11.9 Å². The molecule has 2 N–H and O–H groups in total. The molecule has 6 atom stereocenters. The number of nitrogens with zero attached hydrogens (tertiary/aromatic N) is 7. The van der Waals surface area contributed by atoms with Gasteiger partial charge in [-0.15, -0.1) is 0 Å². The summed E-state index contributed by atoms with van der Waals surface area (Å²) >= 11 is 5.72. The number of nitriles is 1. The van der Waals surface area contributed by atoms with E-state index in [1.807, 2.05) is 10.6 Å². The number of aromatic nitrogens is 7. The normalized spacial score (nSPS) is 26.3. The van der Waals surface area contributed by atoms with Gasteiger partial charge in [-0.3, -0.25) is 24.5 Å². The molecular weight excluding hydrogens is 739 g/mol. The van der Waals surface area contributed by atoms with Gasteiger partial charge in [0, 0.05) is 24.1 Å². The number of aromatic amines is 1. The molecular formula is C31H38FN9O8P2S. The molecule has 2 aliphatic heterocycles. The summed E-state index contributed by atoms with van der Waals surface area (Å²) in [7, 11) is -0.647. The van der Waals surface area contributed by atoms with Crippen LogP contribution in [-0.2, 0) is 63.5 Å². The van der Waals surface area contributed by atoms with Crippen molar-refractivity contribution >= 4 is 61.7 Å². The van der Waals surface area contributed by atoms with Crippen LogP contribution < -0.4 is 10.9 Å². The van der Waals surface area contributed by atoms with Crippen LogP contribution in [0.4, 0.5) is 10.3 Å². The van der Waals surface area contributed by atoms with E-state index < -0.39 is 45.9 Å². The molecule has 7 rings (SSSR count). The Bertz CT molecular complexity index is 2120. The number of fused-ring (bicyclic) bond motifs is 6. The highest BCUT2D eigenvalue weighted by molar-refractivity contribution is 8.07. The second kappa shape index (κ2) is 15.6. The maximum absolute atomic E-state index is 16.3. The SMILES string of the molecule is CCc1cc2nc3n(c2nc1C1CC1)CCOP(=S)(OCCC#N)OC[C@H]1O[C@@H](n2cnc4c(=O)[nH]c(NC(=O)C(C)C)nc42)[C@H](OPOC3)[C@@H]1F. The van der Waals surface area contributed by atoms with Crippen molar-refractivity contribution in [2.75, 3.05) is 25.1 Å². The Morgan fingerprint density at radius 1 is 1.29 bits per heavy atom. The number of anilines is 1. The van der Waals surface area contributed by atoms with Gasteiger partial charge in [0.05, 0.1) is 38.6 Å². The van der Waals surface area contributed by atoms with Crippen molar-refractivity contribution in [1.82, 2.24) is 34.1 Å². The minimum absolute atomic E-state index is 0.0147. The van der Waals surface area contributed by atoms with Crippen LogP contribution >= 0.6 is 15.8 Å². The molecule has 278 valence electrons.